The molecule has 0 spiro atoms. The first kappa shape index (κ1) is 20.3. The summed E-state index contributed by atoms with van der Waals surface area (Å²) in [5, 5.41) is 26.8. The number of nitrogens with one attached hydrogen (secondary N) is 1. The van der Waals surface area contributed by atoms with Crippen LogP contribution in [-0.2, 0) is 10.3 Å². The molecule has 154 valence electrons. The van der Waals surface area contributed by atoms with E-state index in [1.54, 1.807) is 5.38 Å². The SMILES string of the molecule is O=C(O)/C(=N/O)c1csc(NC(c2ccccc2)(c2ccccc2)c2ccccc2)n1. The Morgan fingerprint density at radius 2 is 1.29 bits per heavy atom. The topological polar surface area (TPSA) is 94.8 Å². The van der Waals surface area contributed by atoms with Crippen LogP contribution in [0.25, 0.3) is 0 Å². The smallest absolute Gasteiger partial charge is 0.360 e. The molecule has 0 radical (unpaired) electrons. The molecular formula is C24H19N3O3S. The summed E-state index contributed by atoms with van der Waals surface area (Å²) in [6.07, 6.45) is 0. The number of carboxylic acids is 1. The number of benzene rings is 3. The Balaban J connectivity index is 1.91. The van der Waals surface area contributed by atoms with Gasteiger partial charge in [0.25, 0.3) is 0 Å². The van der Waals surface area contributed by atoms with Gasteiger partial charge in [0.05, 0.1) is 0 Å². The molecule has 1 aromatic heterocycles. The summed E-state index contributed by atoms with van der Waals surface area (Å²) in [6, 6.07) is 30.0. The van der Waals surface area contributed by atoms with Crippen molar-refractivity contribution in [2.75, 3.05) is 5.32 Å². The van der Waals surface area contributed by atoms with Crippen molar-refractivity contribution in [3.05, 3.63) is 119 Å². The Labute approximate surface area is 183 Å². The van der Waals surface area contributed by atoms with Crippen LogP contribution >= 0.6 is 11.3 Å². The number of carboxylic acid groups (broad SMARTS) is 1. The molecule has 31 heavy (non-hydrogen) atoms. The van der Waals surface area contributed by atoms with Crippen LogP contribution in [0.15, 0.2) is 102 Å². The molecule has 0 unspecified atom stereocenters. The van der Waals surface area contributed by atoms with E-state index in [0.29, 0.717) is 5.13 Å². The number of carbonyl (C=O) groups is 1. The van der Waals surface area contributed by atoms with E-state index in [0.717, 1.165) is 16.7 Å². The fourth-order valence-corrected chi connectivity index (χ4v) is 4.34. The average Bonchev–Trinajstić information content (AvgIpc) is 3.27. The van der Waals surface area contributed by atoms with E-state index >= 15 is 0 Å². The number of nitrogens with zero attached hydrogens (tertiary/aromatic N) is 2. The molecule has 0 aliphatic heterocycles. The molecule has 0 saturated heterocycles. The second-order valence-corrected chi connectivity index (χ2v) is 7.62. The van der Waals surface area contributed by atoms with E-state index < -0.39 is 17.2 Å². The maximum atomic E-state index is 11.3. The maximum Gasteiger partial charge on any atom is 0.360 e. The predicted octanol–water partition coefficient (Wildman–Crippen LogP) is 4.81. The van der Waals surface area contributed by atoms with Gasteiger partial charge < -0.3 is 15.6 Å². The van der Waals surface area contributed by atoms with Crippen LogP contribution in [0.5, 0.6) is 0 Å². The van der Waals surface area contributed by atoms with E-state index in [1.807, 2.05) is 91.0 Å². The van der Waals surface area contributed by atoms with Gasteiger partial charge in [0.2, 0.25) is 5.71 Å². The molecule has 0 aliphatic carbocycles. The van der Waals surface area contributed by atoms with Crippen molar-refractivity contribution in [1.29, 1.82) is 0 Å². The number of rotatable bonds is 7. The molecule has 4 rings (SSSR count). The first-order chi connectivity index (χ1) is 15.1. The number of oxime groups is 1. The van der Waals surface area contributed by atoms with Crippen LogP contribution in [0.4, 0.5) is 5.13 Å². The van der Waals surface area contributed by atoms with Crippen LogP contribution in [-0.4, -0.2) is 27.0 Å². The number of anilines is 1. The zero-order chi connectivity index (χ0) is 21.7. The minimum Gasteiger partial charge on any atom is -0.476 e. The van der Waals surface area contributed by atoms with Gasteiger partial charge in [-0.3, -0.25) is 0 Å². The summed E-state index contributed by atoms with van der Waals surface area (Å²) in [4.78, 5) is 15.7. The molecule has 0 aliphatic rings. The fourth-order valence-electron chi connectivity index (χ4n) is 3.58. The van der Waals surface area contributed by atoms with Crippen molar-refractivity contribution in [3.63, 3.8) is 0 Å². The van der Waals surface area contributed by atoms with Crippen LogP contribution < -0.4 is 5.32 Å². The molecule has 0 amide bonds. The Morgan fingerprint density at radius 3 is 1.68 bits per heavy atom. The Hall–Kier alpha value is -3.97. The molecule has 0 fully saturated rings. The largest absolute Gasteiger partial charge is 0.476 e. The Morgan fingerprint density at radius 1 is 0.839 bits per heavy atom. The molecular weight excluding hydrogens is 410 g/mol. The van der Waals surface area contributed by atoms with Gasteiger partial charge in [-0.25, -0.2) is 9.78 Å². The molecule has 4 aromatic rings. The highest BCUT2D eigenvalue weighted by molar-refractivity contribution is 7.14. The standard InChI is InChI=1S/C24H19N3O3S/c28-22(29)21(27-30)20-16-31-23(25-20)26-24(17-10-4-1-5-11-17,18-12-6-2-7-13-18)19-14-8-3-9-15-19/h1-16,30H,(H,25,26)(H,28,29)/b27-21+. The summed E-state index contributed by atoms with van der Waals surface area (Å²) in [5.41, 5.74) is 1.80. The van der Waals surface area contributed by atoms with Crippen LogP contribution in [0.1, 0.15) is 22.4 Å². The van der Waals surface area contributed by atoms with E-state index in [2.05, 4.69) is 15.5 Å². The highest BCUT2D eigenvalue weighted by Gasteiger charge is 2.37. The molecule has 3 N–H and O–H groups in total. The van der Waals surface area contributed by atoms with Gasteiger partial charge in [0, 0.05) is 5.38 Å². The van der Waals surface area contributed by atoms with Crippen molar-refractivity contribution in [1.82, 2.24) is 4.98 Å². The third kappa shape index (κ3) is 3.91. The molecule has 3 aromatic carbocycles. The van der Waals surface area contributed by atoms with Gasteiger partial charge in [-0.05, 0) is 16.7 Å². The third-order valence-electron chi connectivity index (χ3n) is 4.96. The number of hydrogen-bond donors (Lipinski definition) is 3. The molecule has 0 atom stereocenters. The number of aromatic nitrogens is 1. The summed E-state index contributed by atoms with van der Waals surface area (Å²) < 4.78 is 0. The van der Waals surface area contributed by atoms with Crippen molar-refractivity contribution < 1.29 is 15.1 Å². The monoisotopic (exact) mass is 429 g/mol. The van der Waals surface area contributed by atoms with Crippen molar-refractivity contribution >= 4 is 28.1 Å². The quantitative estimate of drug-likeness (QED) is 0.170. The number of thiazole rings is 1. The van der Waals surface area contributed by atoms with E-state index in [9.17, 15) is 9.90 Å². The van der Waals surface area contributed by atoms with Gasteiger partial charge in [0.1, 0.15) is 11.2 Å². The lowest BCUT2D eigenvalue weighted by atomic mass is 9.77. The molecule has 7 heteroatoms. The van der Waals surface area contributed by atoms with Gasteiger partial charge >= 0.3 is 5.97 Å². The van der Waals surface area contributed by atoms with E-state index in [4.69, 9.17) is 5.21 Å². The molecule has 0 bridgehead atoms. The number of hydrogen-bond acceptors (Lipinski definition) is 6. The number of aliphatic carboxylic acids is 1. The van der Waals surface area contributed by atoms with Crippen molar-refractivity contribution in [2.45, 2.75) is 5.54 Å². The fraction of sp³-hybridized carbons (Fsp3) is 0.0417. The zero-order valence-corrected chi connectivity index (χ0v) is 17.2. The Bertz CT molecular complexity index is 1100. The van der Waals surface area contributed by atoms with E-state index in [-0.39, 0.29) is 5.69 Å². The van der Waals surface area contributed by atoms with Gasteiger partial charge in [-0.15, -0.1) is 11.3 Å². The normalized spacial score (nSPS) is 11.8. The highest BCUT2D eigenvalue weighted by atomic mass is 32.1. The zero-order valence-electron chi connectivity index (χ0n) is 16.3. The summed E-state index contributed by atoms with van der Waals surface area (Å²) >= 11 is 1.24. The van der Waals surface area contributed by atoms with Crippen LogP contribution in [0.3, 0.4) is 0 Å². The first-order valence-electron chi connectivity index (χ1n) is 9.51. The lowest BCUT2D eigenvalue weighted by Gasteiger charge is -2.36. The first-order valence-corrected chi connectivity index (χ1v) is 10.4. The summed E-state index contributed by atoms with van der Waals surface area (Å²) in [5.74, 6) is -1.35. The maximum absolute atomic E-state index is 11.3. The van der Waals surface area contributed by atoms with Gasteiger partial charge in [-0.1, -0.05) is 96.2 Å². The molecule has 6 nitrogen and oxygen atoms in total. The lowest BCUT2D eigenvalue weighted by Crippen LogP contribution is -2.38. The second kappa shape index (κ2) is 8.81. The van der Waals surface area contributed by atoms with Crippen LogP contribution in [0, 0.1) is 0 Å². The summed E-state index contributed by atoms with van der Waals surface area (Å²) in [7, 11) is 0. The molecule has 1 heterocycles. The van der Waals surface area contributed by atoms with Gasteiger partial charge in [0.15, 0.2) is 5.13 Å². The minimum absolute atomic E-state index is 0.0885. The van der Waals surface area contributed by atoms with Crippen LogP contribution in [0.2, 0.25) is 0 Å². The minimum atomic E-state index is -1.35. The second-order valence-electron chi connectivity index (χ2n) is 6.76. The van der Waals surface area contributed by atoms with Gasteiger partial charge in [-0.2, -0.15) is 0 Å². The highest BCUT2D eigenvalue weighted by Crippen LogP contribution is 2.40. The van der Waals surface area contributed by atoms with E-state index in [1.165, 1.54) is 11.3 Å². The third-order valence-corrected chi connectivity index (χ3v) is 5.72. The lowest BCUT2D eigenvalue weighted by molar-refractivity contribution is -0.129. The van der Waals surface area contributed by atoms with Crippen molar-refractivity contribution in [2.24, 2.45) is 5.16 Å². The molecule has 0 saturated carbocycles. The average molecular weight is 430 g/mol. The predicted molar refractivity (Wildman–Crippen MR) is 121 cm³/mol. The van der Waals surface area contributed by atoms with Crippen molar-refractivity contribution in [3.8, 4) is 0 Å². The summed E-state index contributed by atoms with van der Waals surface area (Å²) in [6.45, 7) is 0. The Kier molecular flexibility index (Phi) is 5.77.